The first kappa shape index (κ1) is 21.7. The average molecular weight is 412 g/mol. The lowest BCUT2D eigenvalue weighted by molar-refractivity contribution is 0.171. The smallest absolute Gasteiger partial charge is 0.262 e. The first-order valence-electron chi connectivity index (χ1n) is 9.84. The van der Waals surface area contributed by atoms with Crippen LogP contribution in [-0.2, 0) is 6.54 Å². The Kier molecular flexibility index (Phi) is 6.69. The first-order chi connectivity index (χ1) is 14.0. The van der Waals surface area contributed by atoms with Gasteiger partial charge >= 0.3 is 0 Å². The predicted octanol–water partition coefficient (Wildman–Crippen LogP) is 2.80. The van der Waals surface area contributed by atoms with E-state index in [1.165, 1.54) is 4.57 Å². The molecule has 0 unspecified atom stereocenters. The number of nitrogens with one attached hydrogen (secondary N) is 2. The number of aryl methyl sites for hydroxylation is 1. The Morgan fingerprint density at radius 3 is 2.77 bits per heavy atom. The van der Waals surface area contributed by atoms with Gasteiger partial charge in [0.05, 0.1) is 24.1 Å². The van der Waals surface area contributed by atoms with Crippen molar-refractivity contribution in [3.8, 4) is 0 Å². The van der Waals surface area contributed by atoms with E-state index in [1.807, 2.05) is 25.1 Å². The third kappa shape index (κ3) is 4.44. The third-order valence-electron chi connectivity index (χ3n) is 5.27. The van der Waals surface area contributed by atoms with Crippen molar-refractivity contribution in [3.05, 3.63) is 52.6 Å². The van der Waals surface area contributed by atoms with Gasteiger partial charge in [-0.05, 0) is 61.4 Å². The number of aliphatic hydroxyl groups is 2. The molecule has 1 fully saturated rings. The van der Waals surface area contributed by atoms with E-state index in [9.17, 15) is 15.0 Å². The first-order valence-corrected chi connectivity index (χ1v) is 9.84. The van der Waals surface area contributed by atoms with E-state index >= 15 is 0 Å². The molecule has 8 heteroatoms. The fourth-order valence-corrected chi connectivity index (χ4v) is 3.78. The lowest BCUT2D eigenvalue weighted by Crippen LogP contribution is -2.30. The van der Waals surface area contributed by atoms with Gasteiger partial charge in [0, 0.05) is 18.9 Å². The van der Waals surface area contributed by atoms with Crippen molar-refractivity contribution in [1.29, 1.82) is 0 Å². The van der Waals surface area contributed by atoms with Crippen LogP contribution in [0.2, 0.25) is 0 Å². The van der Waals surface area contributed by atoms with Gasteiger partial charge < -0.3 is 25.4 Å². The molecule has 1 aliphatic carbocycles. The Balaban J connectivity index is 0.00000256. The van der Waals surface area contributed by atoms with E-state index in [2.05, 4.69) is 20.6 Å². The maximum Gasteiger partial charge on any atom is 0.262 e. The zero-order valence-corrected chi connectivity index (χ0v) is 16.3. The summed E-state index contributed by atoms with van der Waals surface area (Å²) in [5.74, 6) is 1.66. The molecule has 0 spiro atoms. The Hall–Kier alpha value is -2.97. The van der Waals surface area contributed by atoms with Gasteiger partial charge in [0.2, 0.25) is 0 Å². The number of hydrogen-bond donors (Lipinski definition) is 4. The number of pyridine rings is 3. The molecule has 2 atom stereocenters. The van der Waals surface area contributed by atoms with Crippen LogP contribution >= 0.6 is 0 Å². The number of fused-ring (bicyclic) bond motifs is 1. The molecule has 0 bridgehead atoms. The summed E-state index contributed by atoms with van der Waals surface area (Å²) in [4.78, 5) is 21.9. The second-order valence-electron chi connectivity index (χ2n) is 7.45. The number of hydrogen-bond acceptors (Lipinski definition) is 7. The molecule has 1 aliphatic rings. The molecule has 1 saturated carbocycles. The van der Waals surface area contributed by atoms with Crippen molar-refractivity contribution >= 4 is 28.2 Å². The second-order valence-corrected chi connectivity index (χ2v) is 7.45. The van der Waals surface area contributed by atoms with Crippen LogP contribution < -0.4 is 16.2 Å². The minimum Gasteiger partial charge on any atom is -0.395 e. The lowest BCUT2D eigenvalue weighted by Gasteiger charge is -2.19. The molecule has 8 nitrogen and oxygen atoms in total. The van der Waals surface area contributed by atoms with Gasteiger partial charge in [0.1, 0.15) is 17.5 Å². The minimum absolute atomic E-state index is 0. The van der Waals surface area contributed by atoms with Gasteiger partial charge in [-0.3, -0.25) is 4.79 Å². The molecule has 0 saturated heterocycles. The van der Waals surface area contributed by atoms with Crippen molar-refractivity contribution in [2.45, 2.75) is 52.3 Å². The molecule has 30 heavy (non-hydrogen) atoms. The highest BCUT2D eigenvalue weighted by Crippen LogP contribution is 2.28. The van der Waals surface area contributed by atoms with Gasteiger partial charge in [-0.15, -0.1) is 0 Å². The molecule has 0 radical (unpaired) electrons. The molecule has 3 aromatic heterocycles. The monoisotopic (exact) mass is 411 g/mol. The number of rotatable bonds is 6. The molecule has 4 N–H and O–H groups in total. The molecular weight excluding hydrogens is 382 g/mol. The Labute approximate surface area is 175 Å². The standard InChI is InChI=1S/C21H25N5O3.CH4/c1-13-5-7-22-17(11-13)24-18-12-14-6-8-26(9-10-27)21(29)19(14)20(25-18)23-15-3-2-4-16(15)28;/h5-8,11-12,15-16,27-28H,2-4,9-10H2,1H3,(H2,22,23,24,25);1H4/t15-,16+;/m0./s1. The van der Waals surface area contributed by atoms with E-state index in [4.69, 9.17) is 0 Å². The van der Waals surface area contributed by atoms with Gasteiger partial charge in [0.25, 0.3) is 5.56 Å². The quantitative estimate of drug-likeness (QED) is 0.493. The van der Waals surface area contributed by atoms with E-state index in [0.717, 1.165) is 30.2 Å². The van der Waals surface area contributed by atoms with E-state index < -0.39 is 6.10 Å². The highest BCUT2D eigenvalue weighted by Gasteiger charge is 2.26. The molecule has 160 valence electrons. The summed E-state index contributed by atoms with van der Waals surface area (Å²) in [5.41, 5.74) is 0.849. The second kappa shape index (κ2) is 9.23. The maximum atomic E-state index is 13.0. The molecule has 0 aromatic carbocycles. The Morgan fingerprint density at radius 2 is 2.07 bits per heavy atom. The lowest BCUT2D eigenvalue weighted by atomic mass is 10.1. The van der Waals surface area contributed by atoms with Crippen LogP contribution in [0, 0.1) is 6.92 Å². The summed E-state index contributed by atoms with van der Waals surface area (Å²) in [6.07, 6.45) is 5.40. The van der Waals surface area contributed by atoms with Crippen molar-refractivity contribution < 1.29 is 10.2 Å². The fraction of sp³-hybridized carbons (Fsp3) is 0.409. The summed E-state index contributed by atoms with van der Waals surface area (Å²) in [5, 5.41) is 27.1. The van der Waals surface area contributed by atoms with Gasteiger partial charge in [-0.2, -0.15) is 0 Å². The van der Waals surface area contributed by atoms with Crippen LogP contribution in [0.15, 0.2) is 41.5 Å². The van der Waals surface area contributed by atoms with Gasteiger partial charge in [-0.25, -0.2) is 9.97 Å². The summed E-state index contributed by atoms with van der Waals surface area (Å²) in [7, 11) is 0. The highest BCUT2D eigenvalue weighted by atomic mass is 16.3. The number of nitrogens with zero attached hydrogens (tertiary/aromatic N) is 3. The van der Waals surface area contributed by atoms with Crippen molar-refractivity contribution in [2.24, 2.45) is 0 Å². The zero-order chi connectivity index (χ0) is 20.4. The van der Waals surface area contributed by atoms with Crippen LogP contribution in [0.25, 0.3) is 10.8 Å². The SMILES string of the molecule is C.Cc1ccnc(Nc2cc3ccn(CCO)c(=O)c3c(N[C@H]3CCC[C@H]3O)n2)c1. The molecular formula is C22H29N5O3. The van der Waals surface area contributed by atoms with Gasteiger partial charge in [-0.1, -0.05) is 7.43 Å². The Morgan fingerprint density at radius 1 is 1.23 bits per heavy atom. The molecule has 0 aliphatic heterocycles. The van der Waals surface area contributed by atoms with E-state index in [0.29, 0.717) is 22.8 Å². The van der Waals surface area contributed by atoms with E-state index in [-0.39, 0.29) is 32.2 Å². The zero-order valence-electron chi connectivity index (χ0n) is 16.3. The molecule has 0 amide bonds. The summed E-state index contributed by atoms with van der Waals surface area (Å²) >= 11 is 0. The van der Waals surface area contributed by atoms with Crippen LogP contribution in [0.5, 0.6) is 0 Å². The van der Waals surface area contributed by atoms with Gasteiger partial charge in [0.15, 0.2) is 0 Å². The number of aromatic nitrogens is 3. The van der Waals surface area contributed by atoms with Crippen molar-refractivity contribution in [2.75, 3.05) is 17.2 Å². The Bertz CT molecular complexity index is 1080. The minimum atomic E-state index is -0.467. The summed E-state index contributed by atoms with van der Waals surface area (Å²) in [6.45, 7) is 2.08. The number of anilines is 3. The summed E-state index contributed by atoms with van der Waals surface area (Å²) < 4.78 is 1.47. The highest BCUT2D eigenvalue weighted by molar-refractivity contribution is 5.93. The molecule has 3 aromatic rings. The normalized spacial score (nSPS) is 18.2. The average Bonchev–Trinajstić information content (AvgIpc) is 3.08. The van der Waals surface area contributed by atoms with Crippen LogP contribution in [0.3, 0.4) is 0 Å². The van der Waals surface area contributed by atoms with Crippen molar-refractivity contribution in [1.82, 2.24) is 14.5 Å². The van der Waals surface area contributed by atoms with Crippen LogP contribution in [0.1, 0.15) is 32.3 Å². The van der Waals surface area contributed by atoms with Crippen LogP contribution in [-0.4, -0.2) is 43.5 Å². The fourth-order valence-electron chi connectivity index (χ4n) is 3.78. The largest absolute Gasteiger partial charge is 0.395 e. The van der Waals surface area contributed by atoms with Crippen LogP contribution in [0.4, 0.5) is 17.5 Å². The maximum absolute atomic E-state index is 13.0. The predicted molar refractivity (Wildman–Crippen MR) is 119 cm³/mol. The number of aliphatic hydroxyl groups excluding tert-OH is 2. The molecule has 3 heterocycles. The summed E-state index contributed by atoms with van der Waals surface area (Å²) in [6, 6.07) is 7.32. The van der Waals surface area contributed by atoms with E-state index in [1.54, 1.807) is 18.5 Å². The van der Waals surface area contributed by atoms with Crippen molar-refractivity contribution in [3.63, 3.8) is 0 Å². The third-order valence-corrected chi connectivity index (χ3v) is 5.27. The topological polar surface area (TPSA) is 112 Å². The molecule has 4 rings (SSSR count).